The molecule has 0 atom stereocenters. The van der Waals surface area contributed by atoms with E-state index in [0.717, 1.165) is 12.8 Å². The van der Waals surface area contributed by atoms with Crippen LogP contribution in [0.25, 0.3) is 0 Å². The second kappa shape index (κ2) is 10.3. The number of carbonyl (C=O) groups is 1. The smallest absolute Gasteiger partial charge is 0.195 e. The number of carbonyl (C=O) groups excluding carboxylic acids is 1. The largest absolute Gasteiger partial charge is 0.355 e. The maximum Gasteiger partial charge on any atom is 0.195 e. The van der Waals surface area contributed by atoms with Crippen molar-refractivity contribution in [2.24, 2.45) is 10.8 Å². The van der Waals surface area contributed by atoms with E-state index in [4.69, 9.17) is 0 Å². The molecule has 0 aliphatic heterocycles. The Labute approximate surface area is 150 Å². The first-order valence-corrected chi connectivity index (χ1v) is 7.78. The predicted octanol–water partition coefficient (Wildman–Crippen LogP) is 4.74. The molecule has 0 heterocycles. The molecular weight excluding hydrogens is 472 g/mol. The van der Waals surface area contributed by atoms with Crippen LogP contribution in [0.4, 0.5) is 0 Å². The van der Waals surface area contributed by atoms with Gasteiger partial charge in [0.2, 0.25) is 0 Å². The van der Waals surface area contributed by atoms with Gasteiger partial charge >= 0.3 is 0 Å². The van der Waals surface area contributed by atoms with E-state index in [2.05, 4.69) is 39.9 Å². The number of amides is 1. The van der Waals surface area contributed by atoms with E-state index < -0.39 is 5.41 Å². The van der Waals surface area contributed by atoms with Crippen LogP contribution in [0.3, 0.4) is 0 Å². The van der Waals surface area contributed by atoms with Gasteiger partial charge in [-0.2, -0.15) is 0 Å². The molecule has 1 aliphatic rings. The van der Waals surface area contributed by atoms with Crippen molar-refractivity contribution in [2.45, 2.75) is 86.1 Å². The number of nitrogens with one attached hydrogen (secondary N) is 1. The van der Waals surface area contributed by atoms with Crippen molar-refractivity contribution in [3.05, 3.63) is 6.92 Å². The van der Waals surface area contributed by atoms with Gasteiger partial charge < -0.3 is 12.2 Å². The Bertz CT molecular complexity index is 257. The summed E-state index contributed by atoms with van der Waals surface area (Å²) in [5.41, 5.74) is -0.0474. The molecule has 1 N–H and O–H groups in total. The van der Waals surface area contributed by atoms with Gasteiger partial charge in [0, 0.05) is 37.2 Å². The molecule has 118 valence electrons. The van der Waals surface area contributed by atoms with E-state index in [1.807, 2.05) is 13.8 Å². The first-order chi connectivity index (χ1) is 8.62. The number of hydrogen-bond acceptors (Lipinski definition) is 1. The molecule has 1 saturated carbocycles. The monoisotopic (exact) mass is 506 g/mol. The average Bonchev–Trinajstić information content (AvgIpc) is 2.31. The Morgan fingerprint density at radius 3 is 1.90 bits per heavy atom. The van der Waals surface area contributed by atoms with Crippen molar-refractivity contribution in [2.75, 3.05) is 0 Å². The fourth-order valence-corrected chi connectivity index (χ4v) is 1.92. The summed E-state index contributed by atoms with van der Waals surface area (Å²) in [7, 11) is 0. The molecule has 2 nitrogen and oxygen atoms in total. The van der Waals surface area contributed by atoms with Crippen LogP contribution in [0.5, 0.6) is 0 Å². The maximum absolute atomic E-state index is 11.7. The van der Waals surface area contributed by atoms with Crippen LogP contribution >= 0.6 is 0 Å². The van der Waals surface area contributed by atoms with Gasteiger partial charge in [0.15, 0.2) is 5.91 Å². The van der Waals surface area contributed by atoms with E-state index in [1.165, 1.54) is 25.7 Å². The molecule has 3 heteroatoms. The van der Waals surface area contributed by atoms with Gasteiger partial charge in [0.25, 0.3) is 0 Å². The van der Waals surface area contributed by atoms with Crippen molar-refractivity contribution < 1.29 is 35.9 Å². The van der Waals surface area contributed by atoms with E-state index >= 15 is 0 Å². The Kier molecular flexibility index (Phi) is 11.7. The normalized spacial score (nSPS) is 18.4. The van der Waals surface area contributed by atoms with Gasteiger partial charge in [-0.3, -0.25) is 4.79 Å². The summed E-state index contributed by atoms with van der Waals surface area (Å²) in [6.07, 6.45) is 7.26. The van der Waals surface area contributed by atoms with Crippen molar-refractivity contribution in [3.63, 3.8) is 0 Å². The molecule has 0 spiro atoms. The molecule has 0 unspecified atom stereocenters. The SMILES string of the molecule is CCCC.[CH2-]C(C)(C)C(=O)NC1CCC(C)(C)CC1.[U]. The molecule has 0 radical (unpaired) electrons. The van der Waals surface area contributed by atoms with Crippen molar-refractivity contribution in [1.29, 1.82) is 0 Å². The summed E-state index contributed by atoms with van der Waals surface area (Å²) in [5, 5.41) is 3.10. The van der Waals surface area contributed by atoms with E-state index in [-0.39, 0.29) is 37.0 Å². The van der Waals surface area contributed by atoms with Crippen LogP contribution in [-0.2, 0) is 4.79 Å². The maximum atomic E-state index is 11.7. The average molecular weight is 506 g/mol. The van der Waals surface area contributed by atoms with Crippen molar-refractivity contribution >= 4 is 5.91 Å². The van der Waals surface area contributed by atoms with Gasteiger partial charge in [-0.25, -0.2) is 0 Å². The van der Waals surface area contributed by atoms with Gasteiger partial charge in [0.1, 0.15) is 0 Å². The topological polar surface area (TPSA) is 29.1 Å². The Morgan fingerprint density at radius 1 is 1.20 bits per heavy atom. The van der Waals surface area contributed by atoms with Crippen molar-refractivity contribution in [1.82, 2.24) is 5.32 Å². The molecule has 1 amide bonds. The molecule has 1 rings (SSSR count). The fourth-order valence-electron chi connectivity index (χ4n) is 1.92. The van der Waals surface area contributed by atoms with Crippen LogP contribution < -0.4 is 5.32 Å². The first kappa shape index (κ1) is 22.8. The zero-order chi connectivity index (χ0) is 15.1. The third kappa shape index (κ3) is 10.3. The summed E-state index contributed by atoms with van der Waals surface area (Å²) in [4.78, 5) is 11.7. The molecule has 20 heavy (non-hydrogen) atoms. The van der Waals surface area contributed by atoms with Gasteiger partial charge in [-0.05, 0) is 31.1 Å². The third-order valence-corrected chi connectivity index (χ3v) is 3.79. The molecule has 1 aliphatic carbocycles. The Morgan fingerprint density at radius 2 is 1.60 bits per heavy atom. The Hall–Kier alpha value is 0.522. The molecule has 0 aromatic carbocycles. The number of rotatable bonds is 3. The summed E-state index contributed by atoms with van der Waals surface area (Å²) in [6.45, 7) is 16.5. The van der Waals surface area contributed by atoms with Gasteiger partial charge in [-0.15, -0.1) is 0 Å². The molecule has 1 fully saturated rings. The van der Waals surface area contributed by atoms with E-state index in [0.29, 0.717) is 11.5 Å². The number of hydrogen-bond donors (Lipinski definition) is 1. The minimum absolute atomic E-state index is 0. The van der Waals surface area contributed by atoms with Crippen LogP contribution in [0.2, 0.25) is 0 Å². The number of unbranched alkanes of at least 4 members (excludes halogenated alkanes) is 1. The fraction of sp³-hybridized carbons (Fsp3) is 0.882. The van der Waals surface area contributed by atoms with Gasteiger partial charge in [-0.1, -0.05) is 59.8 Å². The summed E-state index contributed by atoms with van der Waals surface area (Å²) in [5.74, 6) is 0.0761. The van der Waals surface area contributed by atoms with Crippen LogP contribution in [0, 0.1) is 48.9 Å². The second-order valence-electron chi connectivity index (χ2n) is 7.30. The third-order valence-electron chi connectivity index (χ3n) is 3.79. The minimum Gasteiger partial charge on any atom is -0.355 e. The predicted molar refractivity (Wildman–Crippen MR) is 83.9 cm³/mol. The van der Waals surface area contributed by atoms with E-state index in [9.17, 15) is 4.79 Å². The standard InChI is InChI=1S/C13H24NO.C4H10.U/c1-12(2,3)11(15)14-10-6-8-13(4,5)9-7-10;1-3-4-2;/h10H,1,6-9H2,2-5H3,(H,14,15);3-4H2,1-2H3;/q-1;;. The molecule has 0 aromatic heterocycles. The molecular formula is C17H34NOU-. The summed E-state index contributed by atoms with van der Waals surface area (Å²) in [6, 6.07) is 0.367. The van der Waals surface area contributed by atoms with Crippen LogP contribution in [-0.4, -0.2) is 11.9 Å². The van der Waals surface area contributed by atoms with Crippen LogP contribution in [0.1, 0.15) is 80.1 Å². The van der Waals surface area contributed by atoms with E-state index in [1.54, 1.807) is 0 Å². The van der Waals surface area contributed by atoms with Crippen LogP contribution in [0.15, 0.2) is 0 Å². The Balaban J connectivity index is 0. The zero-order valence-corrected chi connectivity index (χ0v) is 18.6. The molecule has 0 bridgehead atoms. The van der Waals surface area contributed by atoms with Gasteiger partial charge in [0.05, 0.1) is 0 Å². The second-order valence-corrected chi connectivity index (χ2v) is 7.30. The van der Waals surface area contributed by atoms with Crippen molar-refractivity contribution in [3.8, 4) is 0 Å². The quantitative estimate of drug-likeness (QED) is 0.551. The summed E-state index contributed by atoms with van der Waals surface area (Å²) >= 11 is 0. The first-order valence-electron chi connectivity index (χ1n) is 7.78. The molecule has 0 aromatic rings. The zero-order valence-electron chi connectivity index (χ0n) is 14.4. The minimum atomic E-state index is -0.507. The molecule has 0 saturated heterocycles. The summed E-state index contributed by atoms with van der Waals surface area (Å²) < 4.78 is 0.